The minimum absolute atomic E-state index is 0.199. The first-order valence-electron chi connectivity index (χ1n) is 12.0. The van der Waals surface area contributed by atoms with Gasteiger partial charge in [-0.25, -0.2) is 14.6 Å². The van der Waals surface area contributed by atoms with Gasteiger partial charge in [-0.1, -0.05) is 47.7 Å². The largest absolute Gasteiger partial charge is 0.478 e. The van der Waals surface area contributed by atoms with Gasteiger partial charge < -0.3 is 14.3 Å². The van der Waals surface area contributed by atoms with E-state index in [1.54, 1.807) is 44.2 Å². The van der Waals surface area contributed by atoms with E-state index in [0.29, 0.717) is 32.1 Å². The Hall–Kier alpha value is -4.50. The predicted octanol–water partition coefficient (Wildman–Crippen LogP) is 4.06. The topological polar surface area (TPSA) is 111 Å². The number of furan rings is 1. The molecule has 5 rings (SSSR count). The highest BCUT2D eigenvalue weighted by Crippen LogP contribution is 2.31. The van der Waals surface area contributed by atoms with E-state index in [-0.39, 0.29) is 17.7 Å². The van der Waals surface area contributed by atoms with Crippen LogP contribution >= 0.6 is 11.3 Å². The molecule has 1 atom stereocenters. The molecule has 1 aliphatic rings. The molecule has 2 aromatic heterocycles. The van der Waals surface area contributed by atoms with E-state index in [1.165, 1.54) is 22.0 Å². The van der Waals surface area contributed by atoms with Crippen LogP contribution in [0.1, 0.15) is 47.1 Å². The lowest BCUT2D eigenvalue weighted by molar-refractivity contribution is -0.139. The number of aryl methyl sites for hydroxylation is 1. The quantitative estimate of drug-likeness (QED) is 0.378. The van der Waals surface area contributed by atoms with Crippen LogP contribution in [0.15, 0.2) is 86.1 Å². The molecule has 1 N–H and O–H groups in total. The van der Waals surface area contributed by atoms with E-state index in [4.69, 9.17) is 9.15 Å². The minimum Gasteiger partial charge on any atom is -0.478 e. The van der Waals surface area contributed by atoms with Gasteiger partial charge in [0.05, 0.1) is 34.0 Å². The Kier molecular flexibility index (Phi) is 6.69. The SMILES string of the molecule is CCOC(=O)C1=C(C)N=c2sc(=Cc3ccc(-c4ccc(C(=O)O)cc4C)o3)c(=O)n2C1c1ccccc1. The van der Waals surface area contributed by atoms with Crippen molar-refractivity contribution in [1.29, 1.82) is 0 Å². The Morgan fingerprint density at radius 3 is 2.58 bits per heavy atom. The third-order valence-corrected chi connectivity index (χ3v) is 7.25. The van der Waals surface area contributed by atoms with E-state index in [1.807, 2.05) is 37.3 Å². The van der Waals surface area contributed by atoms with Crippen LogP contribution in [0.2, 0.25) is 0 Å². The summed E-state index contributed by atoms with van der Waals surface area (Å²) in [7, 11) is 0. The number of carboxylic acid groups (broad SMARTS) is 1. The number of aromatic carboxylic acids is 1. The molecule has 38 heavy (non-hydrogen) atoms. The summed E-state index contributed by atoms with van der Waals surface area (Å²) in [5, 5.41) is 9.22. The zero-order valence-electron chi connectivity index (χ0n) is 20.9. The van der Waals surface area contributed by atoms with Crippen molar-refractivity contribution < 1.29 is 23.8 Å². The van der Waals surface area contributed by atoms with Crippen molar-refractivity contribution in [2.45, 2.75) is 26.8 Å². The van der Waals surface area contributed by atoms with E-state index >= 15 is 0 Å². The summed E-state index contributed by atoms with van der Waals surface area (Å²) >= 11 is 1.22. The van der Waals surface area contributed by atoms with E-state index in [0.717, 1.165) is 16.7 Å². The molecule has 9 heteroatoms. The number of ether oxygens (including phenoxy) is 1. The molecule has 0 saturated heterocycles. The van der Waals surface area contributed by atoms with Crippen molar-refractivity contribution in [2.24, 2.45) is 4.99 Å². The molecule has 192 valence electrons. The molecular formula is C29H24N2O6S. The Labute approximate surface area is 221 Å². The van der Waals surface area contributed by atoms with Crippen LogP contribution < -0.4 is 14.9 Å². The van der Waals surface area contributed by atoms with E-state index < -0.39 is 18.0 Å². The van der Waals surface area contributed by atoms with Gasteiger partial charge in [0.1, 0.15) is 11.5 Å². The summed E-state index contributed by atoms with van der Waals surface area (Å²) in [5.74, 6) is -0.479. The molecule has 0 radical (unpaired) electrons. The van der Waals surface area contributed by atoms with Crippen LogP contribution in [0.25, 0.3) is 17.4 Å². The summed E-state index contributed by atoms with van der Waals surface area (Å²) in [5.41, 5.74) is 3.03. The molecule has 8 nitrogen and oxygen atoms in total. The number of thiazole rings is 1. The Morgan fingerprint density at radius 2 is 1.89 bits per heavy atom. The van der Waals surface area contributed by atoms with Crippen LogP contribution in [0.3, 0.4) is 0 Å². The van der Waals surface area contributed by atoms with E-state index in [9.17, 15) is 19.5 Å². The first kappa shape index (κ1) is 25.2. The van der Waals surface area contributed by atoms with Gasteiger partial charge in [-0.2, -0.15) is 0 Å². The second-order valence-electron chi connectivity index (χ2n) is 8.75. The monoisotopic (exact) mass is 528 g/mol. The van der Waals surface area contributed by atoms with E-state index in [2.05, 4.69) is 4.99 Å². The maximum Gasteiger partial charge on any atom is 0.338 e. The van der Waals surface area contributed by atoms with Gasteiger partial charge in [0.2, 0.25) is 0 Å². The highest BCUT2D eigenvalue weighted by atomic mass is 32.1. The molecule has 4 aromatic rings. The summed E-state index contributed by atoms with van der Waals surface area (Å²) in [6.07, 6.45) is 1.65. The lowest BCUT2D eigenvalue weighted by Gasteiger charge is -2.24. The summed E-state index contributed by atoms with van der Waals surface area (Å²) < 4.78 is 13.3. The number of hydrogen-bond donors (Lipinski definition) is 1. The fourth-order valence-corrected chi connectivity index (χ4v) is 5.55. The number of rotatable bonds is 6. The predicted molar refractivity (Wildman–Crippen MR) is 143 cm³/mol. The van der Waals surface area contributed by atoms with Gasteiger partial charge in [0, 0.05) is 11.6 Å². The average Bonchev–Trinajstić information content (AvgIpc) is 3.48. The second kappa shape index (κ2) is 10.1. The third-order valence-electron chi connectivity index (χ3n) is 6.27. The first-order valence-corrected chi connectivity index (χ1v) is 12.8. The number of hydrogen-bond acceptors (Lipinski definition) is 7. The van der Waals surface area contributed by atoms with Crippen LogP contribution in [-0.4, -0.2) is 28.2 Å². The summed E-state index contributed by atoms with van der Waals surface area (Å²) in [4.78, 5) is 42.9. The second-order valence-corrected chi connectivity index (χ2v) is 9.76. The number of fused-ring (bicyclic) bond motifs is 1. The molecule has 3 heterocycles. The highest BCUT2D eigenvalue weighted by molar-refractivity contribution is 7.07. The number of aromatic nitrogens is 1. The molecule has 0 amide bonds. The fraction of sp³-hybridized carbons (Fsp3) is 0.172. The minimum atomic E-state index is -0.995. The lowest BCUT2D eigenvalue weighted by Crippen LogP contribution is -2.39. The molecule has 1 aliphatic heterocycles. The van der Waals surface area contributed by atoms with Crippen molar-refractivity contribution >= 4 is 29.4 Å². The summed E-state index contributed by atoms with van der Waals surface area (Å²) in [6.45, 7) is 5.51. The molecule has 2 aromatic carbocycles. The van der Waals surface area contributed by atoms with Crippen LogP contribution in [0.5, 0.6) is 0 Å². The fourth-order valence-electron chi connectivity index (χ4n) is 4.52. The molecule has 0 fully saturated rings. The molecular weight excluding hydrogens is 504 g/mol. The zero-order valence-corrected chi connectivity index (χ0v) is 21.7. The van der Waals surface area contributed by atoms with Crippen molar-refractivity contribution in [3.8, 4) is 11.3 Å². The molecule has 0 spiro atoms. The molecule has 0 saturated carbocycles. The van der Waals surface area contributed by atoms with Crippen LogP contribution in [0, 0.1) is 6.92 Å². The number of esters is 1. The Morgan fingerprint density at radius 1 is 1.13 bits per heavy atom. The Balaban J connectivity index is 1.60. The van der Waals surface area contributed by atoms with Gasteiger partial charge >= 0.3 is 11.9 Å². The van der Waals surface area contributed by atoms with Gasteiger partial charge in [0.25, 0.3) is 5.56 Å². The normalized spacial score (nSPS) is 15.2. The van der Waals surface area contributed by atoms with Crippen molar-refractivity contribution in [1.82, 2.24) is 4.57 Å². The van der Waals surface area contributed by atoms with Gasteiger partial charge in [-0.05, 0) is 56.2 Å². The standard InChI is InChI=1S/C29H24N2O6S/c1-4-36-28(35)24-17(3)30-29-31(25(24)18-8-6-5-7-9-18)26(32)23(38-29)15-20-11-13-22(37-20)21-12-10-19(27(33)34)14-16(21)2/h5-15,25H,4H2,1-3H3,(H,33,34). The van der Waals surface area contributed by atoms with Gasteiger partial charge in [-0.3, -0.25) is 9.36 Å². The molecule has 0 bridgehead atoms. The molecule has 1 unspecified atom stereocenters. The number of carbonyl (C=O) groups excluding carboxylic acids is 1. The first-order chi connectivity index (χ1) is 18.3. The number of allylic oxidation sites excluding steroid dienone is 1. The maximum absolute atomic E-state index is 13.7. The number of nitrogens with zero attached hydrogens (tertiary/aromatic N) is 2. The smallest absolute Gasteiger partial charge is 0.338 e. The van der Waals surface area contributed by atoms with Crippen LogP contribution in [0.4, 0.5) is 0 Å². The average molecular weight is 529 g/mol. The van der Waals surface area contributed by atoms with Crippen molar-refractivity contribution in [3.63, 3.8) is 0 Å². The molecule has 0 aliphatic carbocycles. The highest BCUT2D eigenvalue weighted by Gasteiger charge is 2.33. The van der Waals surface area contributed by atoms with Crippen LogP contribution in [-0.2, 0) is 9.53 Å². The van der Waals surface area contributed by atoms with Gasteiger partial charge in [0.15, 0.2) is 4.80 Å². The maximum atomic E-state index is 13.7. The lowest BCUT2D eigenvalue weighted by atomic mass is 9.96. The van der Waals surface area contributed by atoms with Crippen molar-refractivity contribution in [3.05, 3.63) is 114 Å². The van der Waals surface area contributed by atoms with Gasteiger partial charge in [-0.15, -0.1) is 0 Å². The number of carboxylic acids is 1. The number of carbonyl (C=O) groups is 2. The third kappa shape index (κ3) is 4.52. The Bertz CT molecular complexity index is 1780. The zero-order chi connectivity index (χ0) is 27.0. The van der Waals surface area contributed by atoms with Crippen molar-refractivity contribution in [2.75, 3.05) is 6.61 Å². The number of benzene rings is 2. The summed E-state index contributed by atoms with van der Waals surface area (Å²) in [6, 6.07) is 17.0.